The predicted molar refractivity (Wildman–Crippen MR) is 115 cm³/mol. The van der Waals surface area contributed by atoms with Crippen molar-refractivity contribution in [2.75, 3.05) is 25.0 Å². The zero-order chi connectivity index (χ0) is 23.2. The van der Waals surface area contributed by atoms with E-state index in [0.717, 1.165) is 24.1 Å². The highest BCUT2D eigenvalue weighted by atomic mass is 19.4. The molecule has 1 aromatic heterocycles. The Hall–Kier alpha value is -1.77. The summed E-state index contributed by atoms with van der Waals surface area (Å²) in [4.78, 5) is 14.4. The van der Waals surface area contributed by atoms with Crippen molar-refractivity contribution in [3.05, 3.63) is 11.8 Å². The first-order chi connectivity index (χ1) is 14.2. The Balaban J connectivity index is 1.72. The average molecular weight is 444 g/mol. The Morgan fingerprint density at radius 2 is 1.94 bits per heavy atom. The van der Waals surface area contributed by atoms with E-state index in [0.29, 0.717) is 24.6 Å². The molecule has 3 heterocycles. The van der Waals surface area contributed by atoms with Crippen molar-refractivity contribution in [2.45, 2.75) is 90.5 Å². The molecule has 0 aliphatic carbocycles. The summed E-state index contributed by atoms with van der Waals surface area (Å²) in [6.45, 7) is 13.5. The smallest absolute Gasteiger partial charge is 0.367 e. The number of nitrogens with zero attached hydrogens (tertiary/aromatic N) is 3. The van der Waals surface area contributed by atoms with Crippen LogP contribution in [0.4, 0.5) is 19.0 Å². The molecule has 3 rings (SSSR count). The molecule has 0 unspecified atom stereocenters. The van der Waals surface area contributed by atoms with E-state index in [4.69, 9.17) is 0 Å². The molecule has 2 aliphatic heterocycles. The highest BCUT2D eigenvalue weighted by Crippen LogP contribution is 2.44. The van der Waals surface area contributed by atoms with Gasteiger partial charge in [-0.05, 0) is 45.1 Å². The maximum Gasteiger partial charge on any atom is 0.410 e. The fourth-order valence-corrected chi connectivity index (χ4v) is 4.29. The molecule has 2 aliphatic rings. The molecular formula is C22H36F3N5O. The lowest BCUT2D eigenvalue weighted by molar-refractivity contribution is -0.175. The van der Waals surface area contributed by atoms with Gasteiger partial charge in [-0.3, -0.25) is 9.69 Å². The Labute approximate surface area is 182 Å². The van der Waals surface area contributed by atoms with Crippen molar-refractivity contribution < 1.29 is 18.0 Å². The number of fused-ring (bicyclic) bond motifs is 1. The zero-order valence-corrected chi connectivity index (χ0v) is 19.4. The van der Waals surface area contributed by atoms with E-state index in [-0.39, 0.29) is 35.2 Å². The van der Waals surface area contributed by atoms with Crippen LogP contribution < -0.4 is 10.6 Å². The molecule has 0 bridgehead atoms. The van der Waals surface area contributed by atoms with Gasteiger partial charge in [-0.25, -0.2) is 4.68 Å². The van der Waals surface area contributed by atoms with E-state index in [1.807, 2.05) is 41.5 Å². The number of amides is 1. The second-order valence-electron chi connectivity index (χ2n) is 10.8. The molecule has 1 fully saturated rings. The van der Waals surface area contributed by atoms with E-state index in [1.54, 1.807) is 6.07 Å². The van der Waals surface area contributed by atoms with Gasteiger partial charge < -0.3 is 10.6 Å². The van der Waals surface area contributed by atoms with Crippen LogP contribution in [0.25, 0.3) is 0 Å². The standard InChI is InChI=1S/C22H36F3N5O/c1-7-21(5,6)27-19(31)13-29-9-8-14(12-29)15-10-18-26-16(20(2,3)4)11-17(22(23,24)25)30(18)28-15/h10,14,16-17,26H,7-9,11-13H2,1-6H3,(H,27,31)/t14-,16-,17-/m0/s1. The number of nitrogens with one attached hydrogen (secondary N) is 2. The largest absolute Gasteiger partial charge is 0.410 e. The van der Waals surface area contributed by atoms with Crippen LogP contribution in [-0.2, 0) is 4.79 Å². The maximum atomic E-state index is 13.8. The van der Waals surface area contributed by atoms with Gasteiger partial charge in [0.25, 0.3) is 0 Å². The molecule has 0 saturated carbocycles. The average Bonchev–Trinajstić information content (AvgIpc) is 3.24. The summed E-state index contributed by atoms with van der Waals surface area (Å²) in [6, 6.07) is -0.145. The molecule has 3 atom stereocenters. The van der Waals surface area contributed by atoms with Crippen LogP contribution in [0, 0.1) is 5.41 Å². The van der Waals surface area contributed by atoms with Crippen molar-refractivity contribution >= 4 is 11.7 Å². The van der Waals surface area contributed by atoms with Gasteiger partial charge in [-0.15, -0.1) is 0 Å². The van der Waals surface area contributed by atoms with E-state index in [2.05, 4.69) is 20.6 Å². The van der Waals surface area contributed by atoms with Gasteiger partial charge in [-0.1, -0.05) is 27.7 Å². The van der Waals surface area contributed by atoms with Crippen LogP contribution in [0.3, 0.4) is 0 Å². The lowest BCUT2D eigenvalue weighted by Crippen LogP contribution is -2.47. The number of likely N-dealkylation sites (tertiary alicyclic amines) is 1. The first-order valence-corrected chi connectivity index (χ1v) is 11.2. The van der Waals surface area contributed by atoms with E-state index < -0.39 is 12.2 Å². The van der Waals surface area contributed by atoms with E-state index >= 15 is 0 Å². The molecular weight excluding hydrogens is 407 g/mol. The third-order valence-electron chi connectivity index (χ3n) is 6.67. The number of hydrogen-bond donors (Lipinski definition) is 2. The summed E-state index contributed by atoms with van der Waals surface area (Å²) >= 11 is 0. The van der Waals surface area contributed by atoms with Crippen molar-refractivity contribution in [1.29, 1.82) is 0 Å². The van der Waals surface area contributed by atoms with Crippen LogP contribution >= 0.6 is 0 Å². The van der Waals surface area contributed by atoms with Gasteiger partial charge in [0, 0.05) is 30.1 Å². The van der Waals surface area contributed by atoms with Crippen LogP contribution in [0.5, 0.6) is 0 Å². The van der Waals surface area contributed by atoms with Crippen molar-refractivity contribution in [1.82, 2.24) is 20.0 Å². The lowest BCUT2D eigenvalue weighted by atomic mass is 9.82. The van der Waals surface area contributed by atoms with Crippen LogP contribution in [-0.4, -0.2) is 58.0 Å². The number of halogens is 3. The number of anilines is 1. The Bertz CT molecular complexity index is 796. The lowest BCUT2D eigenvalue weighted by Gasteiger charge is -2.39. The maximum absolute atomic E-state index is 13.8. The molecule has 0 aromatic carbocycles. The summed E-state index contributed by atoms with van der Waals surface area (Å²) in [5.41, 5.74) is 0.118. The molecule has 0 spiro atoms. The first kappa shape index (κ1) is 23.9. The van der Waals surface area contributed by atoms with Crippen LogP contribution in [0.2, 0.25) is 0 Å². The number of rotatable bonds is 5. The minimum Gasteiger partial charge on any atom is -0.367 e. The number of carbonyl (C=O) groups excluding carboxylic acids is 1. The summed E-state index contributed by atoms with van der Waals surface area (Å²) < 4.78 is 42.5. The van der Waals surface area contributed by atoms with Crippen LogP contribution in [0.1, 0.15) is 78.5 Å². The summed E-state index contributed by atoms with van der Waals surface area (Å²) in [7, 11) is 0. The molecule has 9 heteroatoms. The van der Waals surface area contributed by atoms with E-state index in [1.165, 1.54) is 0 Å². The monoisotopic (exact) mass is 443 g/mol. The topological polar surface area (TPSA) is 62.2 Å². The predicted octanol–water partition coefficient (Wildman–Crippen LogP) is 4.31. The molecule has 1 amide bonds. The van der Waals surface area contributed by atoms with Gasteiger partial charge >= 0.3 is 6.18 Å². The first-order valence-electron chi connectivity index (χ1n) is 11.2. The minimum absolute atomic E-state index is 0.0221. The molecule has 31 heavy (non-hydrogen) atoms. The third-order valence-corrected chi connectivity index (χ3v) is 6.67. The molecule has 1 saturated heterocycles. The van der Waals surface area contributed by atoms with Crippen molar-refractivity contribution in [3.8, 4) is 0 Å². The Morgan fingerprint density at radius 3 is 2.52 bits per heavy atom. The Morgan fingerprint density at radius 1 is 1.26 bits per heavy atom. The van der Waals surface area contributed by atoms with Crippen molar-refractivity contribution in [3.63, 3.8) is 0 Å². The summed E-state index contributed by atoms with van der Waals surface area (Å²) in [6.07, 6.45) is -2.77. The highest BCUT2D eigenvalue weighted by Gasteiger charge is 2.48. The Kier molecular flexibility index (Phi) is 6.39. The molecule has 2 N–H and O–H groups in total. The fraction of sp³-hybridized carbons (Fsp3) is 0.818. The number of carbonyl (C=O) groups is 1. The summed E-state index contributed by atoms with van der Waals surface area (Å²) in [5.74, 6) is 0.432. The fourth-order valence-electron chi connectivity index (χ4n) is 4.29. The molecule has 176 valence electrons. The van der Waals surface area contributed by atoms with E-state index in [9.17, 15) is 18.0 Å². The van der Waals surface area contributed by atoms with Crippen LogP contribution in [0.15, 0.2) is 6.07 Å². The third kappa shape index (κ3) is 5.54. The van der Waals surface area contributed by atoms with Gasteiger partial charge in [-0.2, -0.15) is 18.3 Å². The quantitative estimate of drug-likeness (QED) is 0.712. The normalized spacial score (nSPS) is 25.3. The highest BCUT2D eigenvalue weighted by molar-refractivity contribution is 5.78. The van der Waals surface area contributed by atoms with Crippen molar-refractivity contribution in [2.24, 2.45) is 5.41 Å². The van der Waals surface area contributed by atoms with Gasteiger partial charge in [0.2, 0.25) is 5.91 Å². The summed E-state index contributed by atoms with van der Waals surface area (Å²) in [5, 5.41) is 10.7. The van der Waals surface area contributed by atoms with Gasteiger partial charge in [0.05, 0.1) is 12.2 Å². The molecule has 1 aromatic rings. The SMILES string of the molecule is CCC(C)(C)NC(=O)CN1CC[C@H](c2cc3n(n2)[C@H](C(F)(F)F)C[C@@H](C(C)(C)C)N3)C1. The number of aromatic nitrogens is 2. The number of hydrogen-bond acceptors (Lipinski definition) is 4. The second kappa shape index (κ2) is 8.30. The van der Waals surface area contributed by atoms with Gasteiger partial charge in [0.1, 0.15) is 5.82 Å². The minimum atomic E-state index is -4.35. The second-order valence-corrected chi connectivity index (χ2v) is 10.8. The number of alkyl halides is 3. The molecule has 0 radical (unpaired) electrons. The van der Waals surface area contributed by atoms with Gasteiger partial charge in [0.15, 0.2) is 6.04 Å². The molecule has 6 nitrogen and oxygen atoms in total. The zero-order valence-electron chi connectivity index (χ0n) is 19.4.